The zero-order valence-electron chi connectivity index (χ0n) is 10.4. The highest BCUT2D eigenvalue weighted by Gasteiger charge is 2.20. The second-order valence-electron chi connectivity index (χ2n) is 4.14. The Labute approximate surface area is 120 Å². The summed E-state index contributed by atoms with van der Waals surface area (Å²) < 4.78 is 0.816. The summed E-state index contributed by atoms with van der Waals surface area (Å²) in [5.74, 6) is -1.32. The number of aliphatic carboxylic acids is 1. The van der Waals surface area contributed by atoms with Crippen LogP contribution in [-0.2, 0) is 4.79 Å². The minimum absolute atomic E-state index is 0.330. The number of hydrogen-bond donors (Lipinski definition) is 2. The van der Waals surface area contributed by atoms with Gasteiger partial charge < -0.3 is 10.4 Å². The van der Waals surface area contributed by atoms with E-state index in [1.807, 2.05) is 26.0 Å². The molecule has 0 fully saturated rings. The van der Waals surface area contributed by atoms with Crippen molar-refractivity contribution < 1.29 is 14.7 Å². The molecule has 0 aliphatic carbocycles. The standard InChI is InChI=1S/C13H16INO3/c1-3-4-11(13(17)18)15-12(16)9-7-8(2)5-6-10(9)14/h5-7,11H,3-4H2,1-2H3,(H,15,16)(H,17,18). The second kappa shape index (κ2) is 6.72. The molecule has 0 aromatic heterocycles. The maximum Gasteiger partial charge on any atom is 0.326 e. The molecule has 98 valence electrons. The van der Waals surface area contributed by atoms with Crippen LogP contribution in [-0.4, -0.2) is 23.0 Å². The van der Waals surface area contributed by atoms with Crippen molar-refractivity contribution in [2.45, 2.75) is 32.7 Å². The van der Waals surface area contributed by atoms with E-state index in [2.05, 4.69) is 27.9 Å². The van der Waals surface area contributed by atoms with Crippen LogP contribution in [0.25, 0.3) is 0 Å². The van der Waals surface area contributed by atoms with E-state index in [0.29, 0.717) is 18.4 Å². The fraction of sp³-hybridized carbons (Fsp3) is 0.385. The number of aryl methyl sites for hydroxylation is 1. The molecule has 0 spiro atoms. The number of halogens is 1. The van der Waals surface area contributed by atoms with Crippen LogP contribution in [0, 0.1) is 10.5 Å². The molecule has 5 heteroatoms. The Balaban J connectivity index is 2.86. The lowest BCUT2D eigenvalue weighted by atomic mass is 10.1. The Kier molecular flexibility index (Phi) is 5.58. The smallest absolute Gasteiger partial charge is 0.326 e. The van der Waals surface area contributed by atoms with Gasteiger partial charge >= 0.3 is 5.97 Å². The predicted molar refractivity (Wildman–Crippen MR) is 77.7 cm³/mol. The highest BCUT2D eigenvalue weighted by molar-refractivity contribution is 14.1. The minimum atomic E-state index is -0.993. The van der Waals surface area contributed by atoms with Gasteiger partial charge in [-0.3, -0.25) is 4.79 Å². The Morgan fingerprint density at radius 1 is 1.44 bits per heavy atom. The van der Waals surface area contributed by atoms with E-state index in [0.717, 1.165) is 9.13 Å². The number of carboxylic acids is 1. The Hall–Kier alpha value is -1.11. The van der Waals surface area contributed by atoms with Crippen LogP contribution in [0.5, 0.6) is 0 Å². The maximum atomic E-state index is 12.0. The molecule has 0 saturated carbocycles. The van der Waals surface area contributed by atoms with Gasteiger partial charge in [-0.05, 0) is 48.1 Å². The van der Waals surface area contributed by atoms with Crippen LogP contribution in [0.3, 0.4) is 0 Å². The molecule has 0 saturated heterocycles. The van der Waals surface area contributed by atoms with E-state index in [1.165, 1.54) is 0 Å². The van der Waals surface area contributed by atoms with Gasteiger partial charge in [0, 0.05) is 3.57 Å². The topological polar surface area (TPSA) is 66.4 Å². The zero-order valence-corrected chi connectivity index (χ0v) is 12.5. The van der Waals surface area contributed by atoms with Gasteiger partial charge in [0.25, 0.3) is 5.91 Å². The first-order chi connectivity index (χ1) is 8.45. The number of carbonyl (C=O) groups excluding carboxylic acids is 1. The molecule has 2 N–H and O–H groups in total. The molecule has 4 nitrogen and oxygen atoms in total. The molecule has 1 rings (SSSR count). The van der Waals surface area contributed by atoms with E-state index in [-0.39, 0.29) is 5.91 Å². The third-order valence-corrected chi connectivity index (χ3v) is 3.49. The fourth-order valence-electron chi connectivity index (χ4n) is 1.60. The summed E-state index contributed by atoms with van der Waals surface area (Å²) in [6.07, 6.45) is 1.14. The number of nitrogens with one attached hydrogen (secondary N) is 1. The zero-order chi connectivity index (χ0) is 13.7. The minimum Gasteiger partial charge on any atom is -0.480 e. The summed E-state index contributed by atoms with van der Waals surface area (Å²) in [6.45, 7) is 3.78. The number of benzene rings is 1. The lowest BCUT2D eigenvalue weighted by Gasteiger charge is -2.14. The third kappa shape index (κ3) is 3.97. The van der Waals surface area contributed by atoms with Gasteiger partial charge in [-0.1, -0.05) is 25.0 Å². The molecule has 0 aliphatic heterocycles. The first kappa shape index (κ1) is 14.9. The van der Waals surface area contributed by atoms with E-state index in [4.69, 9.17) is 5.11 Å². The fourth-order valence-corrected chi connectivity index (χ4v) is 2.18. The first-order valence-corrected chi connectivity index (χ1v) is 6.83. The predicted octanol–water partition coefficient (Wildman–Crippen LogP) is 2.58. The molecule has 18 heavy (non-hydrogen) atoms. The van der Waals surface area contributed by atoms with Gasteiger partial charge in [-0.15, -0.1) is 0 Å². The van der Waals surface area contributed by atoms with Crippen LogP contribution in [0.1, 0.15) is 35.7 Å². The molecular weight excluding hydrogens is 345 g/mol. The van der Waals surface area contributed by atoms with Crippen LogP contribution < -0.4 is 5.32 Å². The number of rotatable bonds is 5. The molecular formula is C13H16INO3. The van der Waals surface area contributed by atoms with E-state index < -0.39 is 12.0 Å². The normalized spacial score (nSPS) is 11.9. The summed E-state index contributed by atoms with van der Waals surface area (Å²) in [6, 6.07) is 4.71. The molecule has 0 heterocycles. The van der Waals surface area contributed by atoms with Crippen LogP contribution in [0.2, 0.25) is 0 Å². The Morgan fingerprint density at radius 2 is 2.11 bits per heavy atom. The number of carboxylic acid groups (broad SMARTS) is 1. The maximum absolute atomic E-state index is 12.0. The summed E-state index contributed by atoms with van der Waals surface area (Å²) in [5, 5.41) is 11.6. The summed E-state index contributed by atoms with van der Waals surface area (Å²) in [4.78, 5) is 23.0. The third-order valence-electron chi connectivity index (χ3n) is 2.55. The van der Waals surface area contributed by atoms with Gasteiger partial charge in [0.1, 0.15) is 6.04 Å². The Morgan fingerprint density at radius 3 is 2.67 bits per heavy atom. The van der Waals surface area contributed by atoms with Gasteiger partial charge in [0.2, 0.25) is 0 Å². The molecule has 1 unspecified atom stereocenters. The van der Waals surface area contributed by atoms with Crippen LogP contribution in [0.4, 0.5) is 0 Å². The number of hydrogen-bond acceptors (Lipinski definition) is 2. The van der Waals surface area contributed by atoms with Gasteiger partial charge in [0.15, 0.2) is 0 Å². The van der Waals surface area contributed by atoms with Crippen LogP contribution >= 0.6 is 22.6 Å². The molecule has 0 radical (unpaired) electrons. The lowest BCUT2D eigenvalue weighted by Crippen LogP contribution is -2.40. The van der Waals surface area contributed by atoms with E-state index in [1.54, 1.807) is 6.07 Å². The van der Waals surface area contributed by atoms with Crippen molar-refractivity contribution in [2.24, 2.45) is 0 Å². The Bertz CT molecular complexity index is 460. The van der Waals surface area contributed by atoms with Crippen molar-refractivity contribution in [1.29, 1.82) is 0 Å². The number of carbonyl (C=O) groups is 2. The molecule has 1 atom stereocenters. The van der Waals surface area contributed by atoms with Crippen molar-refractivity contribution >= 4 is 34.5 Å². The SMILES string of the molecule is CCCC(NC(=O)c1cc(C)ccc1I)C(=O)O. The average Bonchev–Trinajstić information content (AvgIpc) is 2.31. The molecule has 1 aromatic carbocycles. The van der Waals surface area contributed by atoms with Gasteiger partial charge in [-0.25, -0.2) is 4.79 Å². The van der Waals surface area contributed by atoms with Crippen molar-refractivity contribution in [2.75, 3.05) is 0 Å². The highest BCUT2D eigenvalue weighted by atomic mass is 127. The lowest BCUT2D eigenvalue weighted by molar-refractivity contribution is -0.139. The highest BCUT2D eigenvalue weighted by Crippen LogP contribution is 2.14. The largest absolute Gasteiger partial charge is 0.480 e. The molecule has 1 amide bonds. The first-order valence-electron chi connectivity index (χ1n) is 5.75. The second-order valence-corrected chi connectivity index (χ2v) is 5.30. The van der Waals surface area contributed by atoms with Gasteiger partial charge in [0.05, 0.1) is 5.56 Å². The monoisotopic (exact) mass is 361 g/mol. The summed E-state index contributed by atoms with van der Waals surface area (Å²) in [5.41, 5.74) is 1.50. The van der Waals surface area contributed by atoms with Crippen molar-refractivity contribution in [3.05, 3.63) is 32.9 Å². The summed E-state index contributed by atoms with van der Waals surface area (Å²) in [7, 11) is 0. The molecule has 1 aromatic rings. The van der Waals surface area contributed by atoms with E-state index in [9.17, 15) is 9.59 Å². The van der Waals surface area contributed by atoms with Crippen molar-refractivity contribution in [3.63, 3.8) is 0 Å². The van der Waals surface area contributed by atoms with Crippen molar-refractivity contribution in [3.8, 4) is 0 Å². The van der Waals surface area contributed by atoms with Crippen molar-refractivity contribution in [1.82, 2.24) is 5.32 Å². The average molecular weight is 361 g/mol. The summed E-state index contributed by atoms with van der Waals surface area (Å²) >= 11 is 2.07. The van der Waals surface area contributed by atoms with Gasteiger partial charge in [-0.2, -0.15) is 0 Å². The molecule has 0 aliphatic rings. The molecule has 0 bridgehead atoms. The van der Waals surface area contributed by atoms with E-state index >= 15 is 0 Å². The quantitative estimate of drug-likeness (QED) is 0.793. The van der Waals surface area contributed by atoms with Crippen LogP contribution in [0.15, 0.2) is 18.2 Å². The number of amides is 1.